The van der Waals surface area contributed by atoms with E-state index < -0.39 is 0 Å². The minimum absolute atomic E-state index is 0.104. The molecule has 0 aliphatic rings. The molecule has 2 aromatic heterocycles. The number of benzene rings is 1. The Labute approximate surface area is 141 Å². The molecule has 0 radical (unpaired) electrons. The van der Waals surface area contributed by atoms with Crippen LogP contribution in [0.15, 0.2) is 47.3 Å². The minimum atomic E-state index is -0.376. The number of carbonyl (C=O) groups excluding carboxylic acids is 1. The third-order valence-electron chi connectivity index (χ3n) is 2.76. The highest BCUT2D eigenvalue weighted by Crippen LogP contribution is 2.15. The van der Waals surface area contributed by atoms with Crippen molar-refractivity contribution in [3.63, 3.8) is 0 Å². The molecule has 0 spiro atoms. The molecule has 0 atom stereocenters. The second kappa shape index (κ2) is 8.80. The van der Waals surface area contributed by atoms with Crippen molar-refractivity contribution in [2.24, 2.45) is 0 Å². The smallest absolute Gasteiger partial charge is 0.251 e. The Morgan fingerprint density at radius 3 is 2.58 bits per heavy atom. The van der Waals surface area contributed by atoms with Gasteiger partial charge in [0.15, 0.2) is 0 Å². The Bertz CT molecular complexity index is 759. The van der Waals surface area contributed by atoms with Gasteiger partial charge in [0.1, 0.15) is 11.0 Å². The van der Waals surface area contributed by atoms with E-state index in [0.717, 1.165) is 5.69 Å². The van der Waals surface area contributed by atoms with Crippen molar-refractivity contribution in [1.82, 2.24) is 20.4 Å². The number of carbonyl (C=O) groups is 1. The summed E-state index contributed by atoms with van der Waals surface area (Å²) >= 11 is 5.64. The first-order valence-electron chi connectivity index (χ1n) is 6.86. The average Bonchev–Trinajstić information content (AvgIpc) is 3.25. The van der Waals surface area contributed by atoms with Crippen LogP contribution in [0.25, 0.3) is 11.5 Å². The third kappa shape index (κ3) is 5.18. The maximum atomic E-state index is 12.4. The van der Waals surface area contributed by atoms with E-state index in [9.17, 15) is 9.18 Å². The van der Waals surface area contributed by atoms with Gasteiger partial charge >= 0.3 is 0 Å². The van der Waals surface area contributed by atoms with Crippen molar-refractivity contribution in [1.29, 1.82) is 0 Å². The molecule has 0 saturated carbocycles. The van der Waals surface area contributed by atoms with E-state index in [4.69, 9.17) is 16.7 Å². The van der Waals surface area contributed by atoms with Crippen molar-refractivity contribution in [3.05, 3.63) is 59.3 Å². The van der Waals surface area contributed by atoms with E-state index in [1.807, 2.05) is 0 Å². The number of halogens is 2. The predicted molar refractivity (Wildman–Crippen MR) is 84.9 cm³/mol. The quantitative estimate of drug-likeness (QED) is 0.668. The highest BCUT2D eigenvalue weighted by atomic mass is 35.5. The van der Waals surface area contributed by atoms with Crippen LogP contribution >= 0.6 is 11.6 Å². The molecular weight excluding hydrogens is 339 g/mol. The number of amides is 1. The van der Waals surface area contributed by atoms with Crippen molar-refractivity contribution in [2.75, 3.05) is 13.2 Å². The van der Waals surface area contributed by atoms with E-state index in [0.29, 0.717) is 16.5 Å². The molecule has 0 bridgehead atoms. The summed E-state index contributed by atoms with van der Waals surface area (Å²) in [5.74, 6) is -0.176. The molecule has 1 amide bonds. The summed E-state index contributed by atoms with van der Waals surface area (Å²) in [4.78, 5) is 17.9. The van der Waals surface area contributed by atoms with E-state index in [1.165, 1.54) is 30.7 Å². The van der Waals surface area contributed by atoms with Gasteiger partial charge in [-0.15, -0.1) is 0 Å². The van der Waals surface area contributed by atoms with Crippen LogP contribution in [0.2, 0.25) is 5.15 Å². The van der Waals surface area contributed by atoms with Gasteiger partial charge < -0.3 is 19.9 Å². The molecule has 24 heavy (non-hydrogen) atoms. The monoisotopic (exact) mass is 352 g/mol. The van der Waals surface area contributed by atoms with E-state index in [-0.39, 0.29) is 24.9 Å². The summed E-state index contributed by atoms with van der Waals surface area (Å²) in [5.41, 5.74) is 1.14. The van der Waals surface area contributed by atoms with Crippen molar-refractivity contribution in [3.8, 4) is 11.5 Å². The molecule has 0 aliphatic carbocycles. The lowest BCUT2D eigenvalue weighted by Crippen LogP contribution is -2.26. The SMILES string of the molecule is Clc1ccc(-c2ncon2)[nH]1.O=C(NCCO)c1ccc(F)cc1. The lowest BCUT2D eigenvalue weighted by molar-refractivity contribution is 0.0944. The highest BCUT2D eigenvalue weighted by Gasteiger charge is 2.04. The lowest BCUT2D eigenvalue weighted by atomic mass is 10.2. The molecule has 3 aromatic rings. The predicted octanol–water partition coefficient (Wildman–Crippen LogP) is 2.27. The summed E-state index contributed by atoms with van der Waals surface area (Å²) < 4.78 is 17.0. The number of nitrogens with zero attached hydrogens (tertiary/aromatic N) is 2. The molecule has 0 aliphatic heterocycles. The molecule has 1 aromatic carbocycles. The van der Waals surface area contributed by atoms with Crippen LogP contribution in [-0.2, 0) is 0 Å². The van der Waals surface area contributed by atoms with Crippen LogP contribution in [0.3, 0.4) is 0 Å². The van der Waals surface area contributed by atoms with Crippen LogP contribution < -0.4 is 5.32 Å². The van der Waals surface area contributed by atoms with Crippen LogP contribution in [-0.4, -0.2) is 39.3 Å². The fourth-order valence-corrected chi connectivity index (χ4v) is 1.83. The van der Waals surface area contributed by atoms with Gasteiger partial charge in [-0.1, -0.05) is 16.8 Å². The van der Waals surface area contributed by atoms with Gasteiger partial charge in [0.25, 0.3) is 5.91 Å². The molecule has 0 saturated heterocycles. The molecule has 2 heterocycles. The molecule has 126 valence electrons. The van der Waals surface area contributed by atoms with Crippen LogP contribution in [0.1, 0.15) is 10.4 Å². The van der Waals surface area contributed by atoms with Gasteiger partial charge in [-0.2, -0.15) is 4.98 Å². The fourth-order valence-electron chi connectivity index (χ4n) is 1.66. The summed E-state index contributed by atoms with van der Waals surface area (Å²) in [6, 6.07) is 8.73. The van der Waals surface area contributed by atoms with Gasteiger partial charge in [-0.05, 0) is 36.4 Å². The Morgan fingerprint density at radius 2 is 2.04 bits per heavy atom. The molecule has 7 nitrogen and oxygen atoms in total. The van der Waals surface area contributed by atoms with Crippen molar-refractivity contribution < 1.29 is 18.8 Å². The number of hydrogen-bond donors (Lipinski definition) is 3. The van der Waals surface area contributed by atoms with Crippen LogP contribution in [0.4, 0.5) is 4.39 Å². The Balaban J connectivity index is 0.000000175. The zero-order chi connectivity index (χ0) is 17.4. The number of rotatable bonds is 4. The minimum Gasteiger partial charge on any atom is -0.395 e. The third-order valence-corrected chi connectivity index (χ3v) is 2.98. The Kier molecular flexibility index (Phi) is 6.47. The van der Waals surface area contributed by atoms with Gasteiger partial charge in [0.05, 0.1) is 12.3 Å². The molecule has 0 unspecified atom stereocenters. The summed E-state index contributed by atoms with van der Waals surface area (Å²) in [7, 11) is 0. The number of aliphatic hydroxyl groups excluding tert-OH is 1. The molecule has 9 heteroatoms. The number of H-pyrrole nitrogens is 1. The largest absolute Gasteiger partial charge is 0.395 e. The molecule has 3 rings (SSSR count). The van der Waals surface area contributed by atoms with Gasteiger partial charge in [-0.3, -0.25) is 4.79 Å². The molecule has 0 fully saturated rings. The zero-order valence-corrected chi connectivity index (χ0v) is 13.1. The van der Waals surface area contributed by atoms with Gasteiger partial charge in [-0.25, -0.2) is 4.39 Å². The summed E-state index contributed by atoms with van der Waals surface area (Å²) in [6.45, 7) is 0.100. The summed E-state index contributed by atoms with van der Waals surface area (Å²) in [5, 5.41) is 15.1. The molecular formula is C15H14ClFN4O3. The van der Waals surface area contributed by atoms with Gasteiger partial charge in [0.2, 0.25) is 12.2 Å². The average molecular weight is 353 g/mol. The maximum absolute atomic E-state index is 12.4. The number of nitrogens with one attached hydrogen (secondary N) is 2. The number of aromatic amines is 1. The van der Waals surface area contributed by atoms with Crippen LogP contribution in [0, 0.1) is 5.82 Å². The second-order valence-corrected chi connectivity index (χ2v) is 4.87. The number of aromatic nitrogens is 3. The number of hydrogen-bond acceptors (Lipinski definition) is 5. The van der Waals surface area contributed by atoms with E-state index in [1.54, 1.807) is 12.1 Å². The Hall–Kier alpha value is -2.71. The standard InChI is InChI=1S/C9H10FNO2.C6H4ClN3O/c10-8-3-1-7(2-4-8)9(13)11-5-6-12;7-5-2-1-4(9-5)6-8-3-11-10-6/h1-4,12H,5-6H2,(H,11,13);1-3,9H. The van der Waals surface area contributed by atoms with Gasteiger partial charge in [0, 0.05) is 12.1 Å². The topological polar surface area (TPSA) is 104 Å². The first kappa shape index (κ1) is 17.6. The van der Waals surface area contributed by atoms with E-state index in [2.05, 4.69) is 25.0 Å². The zero-order valence-electron chi connectivity index (χ0n) is 12.4. The normalized spacial score (nSPS) is 9.96. The van der Waals surface area contributed by atoms with Crippen LogP contribution in [0.5, 0.6) is 0 Å². The summed E-state index contributed by atoms with van der Waals surface area (Å²) in [6.07, 6.45) is 1.27. The van der Waals surface area contributed by atoms with Crippen molar-refractivity contribution in [2.45, 2.75) is 0 Å². The molecule has 3 N–H and O–H groups in total. The number of aliphatic hydroxyl groups is 1. The highest BCUT2D eigenvalue weighted by molar-refractivity contribution is 6.29. The van der Waals surface area contributed by atoms with Crippen molar-refractivity contribution >= 4 is 17.5 Å². The van der Waals surface area contributed by atoms with E-state index >= 15 is 0 Å². The maximum Gasteiger partial charge on any atom is 0.251 e. The lowest BCUT2D eigenvalue weighted by Gasteiger charge is -2.01. The first-order valence-corrected chi connectivity index (χ1v) is 7.24. The Morgan fingerprint density at radius 1 is 1.29 bits per heavy atom. The second-order valence-electron chi connectivity index (χ2n) is 4.46. The fraction of sp³-hybridized carbons (Fsp3) is 0.133. The first-order chi connectivity index (χ1) is 11.6.